The summed E-state index contributed by atoms with van der Waals surface area (Å²) in [4.78, 5) is 20.9. The predicted octanol–water partition coefficient (Wildman–Crippen LogP) is 4.06. The molecule has 30 heavy (non-hydrogen) atoms. The molecule has 6 nitrogen and oxygen atoms in total. The first-order valence-corrected chi connectivity index (χ1v) is 9.07. The molecular weight excluding hydrogens is 409 g/mol. The first-order chi connectivity index (χ1) is 14.0. The van der Waals surface area contributed by atoms with Gasteiger partial charge in [-0.2, -0.15) is 23.3 Å². The van der Waals surface area contributed by atoms with Crippen LogP contribution >= 0.6 is 0 Å². The van der Waals surface area contributed by atoms with Gasteiger partial charge in [0.1, 0.15) is 23.6 Å². The van der Waals surface area contributed by atoms with Crippen molar-refractivity contribution in [1.82, 2.24) is 19.7 Å². The SMILES string of the molecule is CC(C)C(c1ccc(C(F)(F)F)cc1F)n1nc(CF)c2c(=O)[nH]c(N(C)C)nc21. The Labute approximate surface area is 168 Å². The second-order valence-electron chi connectivity index (χ2n) is 7.43. The number of fused-ring (bicyclic) bond motifs is 1. The third-order valence-corrected chi connectivity index (χ3v) is 4.71. The van der Waals surface area contributed by atoms with E-state index in [4.69, 9.17) is 0 Å². The summed E-state index contributed by atoms with van der Waals surface area (Å²) in [5.74, 6) is -1.27. The summed E-state index contributed by atoms with van der Waals surface area (Å²) < 4.78 is 68.3. The third kappa shape index (κ3) is 3.75. The number of halogens is 5. The second-order valence-corrected chi connectivity index (χ2v) is 7.43. The van der Waals surface area contributed by atoms with E-state index in [0.717, 1.165) is 12.1 Å². The molecule has 0 saturated heterocycles. The molecule has 0 saturated carbocycles. The van der Waals surface area contributed by atoms with Crippen LogP contribution in [-0.4, -0.2) is 33.8 Å². The summed E-state index contributed by atoms with van der Waals surface area (Å²) in [6.07, 6.45) is -4.69. The van der Waals surface area contributed by atoms with Crippen molar-refractivity contribution in [2.75, 3.05) is 19.0 Å². The maximum Gasteiger partial charge on any atom is 0.416 e. The van der Waals surface area contributed by atoms with Crippen LogP contribution in [0, 0.1) is 11.7 Å². The van der Waals surface area contributed by atoms with Crippen LogP contribution in [0.1, 0.15) is 36.7 Å². The van der Waals surface area contributed by atoms with Gasteiger partial charge in [-0.15, -0.1) is 0 Å². The highest BCUT2D eigenvalue weighted by Gasteiger charge is 2.33. The van der Waals surface area contributed by atoms with Gasteiger partial charge in [0.15, 0.2) is 5.65 Å². The molecule has 2 aromatic heterocycles. The molecule has 0 radical (unpaired) electrons. The van der Waals surface area contributed by atoms with Crippen molar-refractivity contribution in [1.29, 1.82) is 0 Å². The first-order valence-electron chi connectivity index (χ1n) is 9.07. The van der Waals surface area contributed by atoms with Crippen LogP contribution < -0.4 is 10.5 Å². The zero-order valence-electron chi connectivity index (χ0n) is 16.7. The predicted molar refractivity (Wildman–Crippen MR) is 102 cm³/mol. The molecule has 0 bridgehead atoms. The van der Waals surface area contributed by atoms with Gasteiger partial charge in [-0.3, -0.25) is 9.78 Å². The van der Waals surface area contributed by atoms with Crippen LogP contribution in [0.5, 0.6) is 0 Å². The Morgan fingerprint density at radius 2 is 1.90 bits per heavy atom. The number of hydrogen-bond donors (Lipinski definition) is 1. The largest absolute Gasteiger partial charge is 0.416 e. The van der Waals surface area contributed by atoms with E-state index >= 15 is 0 Å². The summed E-state index contributed by atoms with van der Waals surface area (Å²) in [6.45, 7) is 2.37. The maximum atomic E-state index is 14.7. The number of benzene rings is 1. The number of anilines is 1. The summed E-state index contributed by atoms with van der Waals surface area (Å²) in [5.41, 5.74) is -1.96. The van der Waals surface area contributed by atoms with E-state index in [1.165, 1.54) is 9.58 Å². The molecule has 0 aliphatic carbocycles. The van der Waals surface area contributed by atoms with E-state index in [-0.39, 0.29) is 34.2 Å². The first kappa shape index (κ1) is 21.7. The summed E-state index contributed by atoms with van der Waals surface area (Å²) in [7, 11) is 3.27. The smallest absolute Gasteiger partial charge is 0.348 e. The van der Waals surface area contributed by atoms with E-state index in [1.807, 2.05) is 0 Å². The van der Waals surface area contributed by atoms with Crippen LogP contribution in [0.25, 0.3) is 11.0 Å². The molecule has 1 aromatic carbocycles. The van der Waals surface area contributed by atoms with Gasteiger partial charge in [-0.25, -0.2) is 13.5 Å². The van der Waals surface area contributed by atoms with E-state index < -0.39 is 35.8 Å². The molecule has 11 heteroatoms. The number of aromatic amines is 1. The van der Waals surface area contributed by atoms with Gasteiger partial charge >= 0.3 is 6.18 Å². The Morgan fingerprint density at radius 1 is 1.23 bits per heavy atom. The Balaban J connectivity index is 2.29. The lowest BCUT2D eigenvalue weighted by molar-refractivity contribution is -0.137. The van der Waals surface area contributed by atoms with E-state index in [2.05, 4.69) is 15.1 Å². The van der Waals surface area contributed by atoms with Crippen LogP contribution in [0.4, 0.5) is 27.9 Å². The molecule has 0 amide bonds. The van der Waals surface area contributed by atoms with Crippen molar-refractivity contribution < 1.29 is 22.0 Å². The zero-order valence-corrected chi connectivity index (χ0v) is 16.7. The quantitative estimate of drug-likeness (QED) is 0.622. The molecule has 0 aliphatic heterocycles. The third-order valence-electron chi connectivity index (χ3n) is 4.71. The minimum atomic E-state index is -4.69. The van der Waals surface area contributed by atoms with E-state index in [0.29, 0.717) is 6.07 Å². The van der Waals surface area contributed by atoms with Gasteiger partial charge in [0.2, 0.25) is 5.95 Å². The van der Waals surface area contributed by atoms with Crippen molar-refractivity contribution in [2.24, 2.45) is 5.92 Å². The monoisotopic (exact) mass is 429 g/mol. The fraction of sp³-hybridized carbons (Fsp3) is 0.421. The van der Waals surface area contributed by atoms with Crippen LogP contribution in [-0.2, 0) is 12.9 Å². The number of alkyl halides is 4. The fourth-order valence-corrected chi connectivity index (χ4v) is 3.32. The van der Waals surface area contributed by atoms with Crippen LogP contribution in [0.15, 0.2) is 23.0 Å². The Morgan fingerprint density at radius 3 is 2.40 bits per heavy atom. The molecule has 3 rings (SSSR count). The summed E-state index contributed by atoms with van der Waals surface area (Å²) in [6, 6.07) is 1.31. The number of hydrogen-bond acceptors (Lipinski definition) is 4. The van der Waals surface area contributed by atoms with Gasteiger partial charge in [0, 0.05) is 19.7 Å². The van der Waals surface area contributed by atoms with Crippen molar-refractivity contribution in [3.05, 3.63) is 51.2 Å². The minimum absolute atomic E-state index is 0.0214. The van der Waals surface area contributed by atoms with E-state index in [9.17, 15) is 26.7 Å². The average Bonchev–Trinajstić information content (AvgIpc) is 3.01. The molecule has 0 aliphatic rings. The van der Waals surface area contributed by atoms with Gasteiger partial charge in [0.25, 0.3) is 5.56 Å². The lowest BCUT2D eigenvalue weighted by atomic mass is 9.94. The van der Waals surface area contributed by atoms with E-state index in [1.54, 1.807) is 27.9 Å². The van der Waals surface area contributed by atoms with Crippen molar-refractivity contribution in [3.8, 4) is 0 Å². The topological polar surface area (TPSA) is 66.8 Å². The van der Waals surface area contributed by atoms with Gasteiger partial charge < -0.3 is 4.90 Å². The average molecular weight is 429 g/mol. The Bertz CT molecular complexity index is 1130. The summed E-state index contributed by atoms with van der Waals surface area (Å²) in [5, 5.41) is 4.05. The Hall–Kier alpha value is -2.98. The number of aromatic nitrogens is 4. The molecule has 2 heterocycles. The highest BCUT2D eigenvalue weighted by Crippen LogP contribution is 2.35. The van der Waals surface area contributed by atoms with Crippen molar-refractivity contribution >= 4 is 17.0 Å². The molecule has 162 valence electrons. The van der Waals surface area contributed by atoms with Gasteiger partial charge in [-0.05, 0) is 18.1 Å². The molecule has 1 N–H and O–H groups in total. The van der Waals surface area contributed by atoms with Gasteiger partial charge in [0.05, 0.1) is 11.6 Å². The molecular formula is C19H20F5N5O. The molecule has 1 atom stereocenters. The highest BCUT2D eigenvalue weighted by molar-refractivity contribution is 5.78. The standard InChI is InChI=1S/C19H20F5N5O/c1-9(2)15(11-6-5-10(7-12(11)21)19(22,23)24)29-16-14(13(8-20)27-29)17(30)26-18(25-16)28(3)4/h5-7,9,15H,8H2,1-4H3,(H,25,26,30). The molecule has 3 aromatic rings. The lowest BCUT2D eigenvalue weighted by Crippen LogP contribution is -2.22. The lowest BCUT2D eigenvalue weighted by Gasteiger charge is -2.24. The number of nitrogens with zero attached hydrogens (tertiary/aromatic N) is 4. The second kappa shape index (κ2) is 7.69. The van der Waals surface area contributed by atoms with Crippen molar-refractivity contribution in [3.63, 3.8) is 0 Å². The highest BCUT2D eigenvalue weighted by atomic mass is 19.4. The summed E-state index contributed by atoms with van der Waals surface area (Å²) >= 11 is 0. The van der Waals surface area contributed by atoms with Crippen LogP contribution in [0.3, 0.4) is 0 Å². The number of rotatable bonds is 5. The Kier molecular flexibility index (Phi) is 5.57. The molecule has 0 fully saturated rings. The van der Waals surface area contributed by atoms with Crippen LogP contribution in [0.2, 0.25) is 0 Å². The van der Waals surface area contributed by atoms with Crippen molar-refractivity contribution in [2.45, 2.75) is 32.7 Å². The van der Waals surface area contributed by atoms with Gasteiger partial charge in [-0.1, -0.05) is 19.9 Å². The minimum Gasteiger partial charge on any atom is -0.348 e. The number of H-pyrrole nitrogens is 1. The molecule has 0 spiro atoms. The normalized spacial score (nSPS) is 13.3. The fourth-order valence-electron chi connectivity index (χ4n) is 3.32. The maximum absolute atomic E-state index is 14.7. The molecule has 1 unspecified atom stereocenters. The zero-order chi connectivity index (χ0) is 22.4. The number of nitrogens with one attached hydrogen (secondary N) is 1.